The minimum Gasteiger partial charge on any atom is -0.495 e. The fourth-order valence-electron chi connectivity index (χ4n) is 8.29. The van der Waals surface area contributed by atoms with Gasteiger partial charge in [-0.25, -0.2) is 0 Å². The molecular formula is C32H33N3O4. The van der Waals surface area contributed by atoms with Crippen LogP contribution >= 0.6 is 0 Å². The maximum Gasteiger partial charge on any atom is 0.177 e. The zero-order valence-corrected chi connectivity index (χ0v) is 22.0. The first-order valence-electron chi connectivity index (χ1n) is 14.0. The molecule has 2 bridgehead atoms. The Hall–Kier alpha value is -3.44. The van der Waals surface area contributed by atoms with Crippen molar-refractivity contribution in [2.45, 2.75) is 67.4 Å². The Morgan fingerprint density at radius 2 is 1.77 bits per heavy atom. The average molecular weight is 524 g/mol. The van der Waals surface area contributed by atoms with E-state index in [-0.39, 0.29) is 11.8 Å². The molecular weight excluding hydrogens is 490 g/mol. The number of piperidine rings is 1. The second-order valence-electron chi connectivity index (χ2n) is 11.5. The molecule has 4 heterocycles. The molecule has 1 aromatic heterocycles. The van der Waals surface area contributed by atoms with E-state index in [1.54, 1.807) is 31.6 Å². The van der Waals surface area contributed by atoms with Gasteiger partial charge in [-0.3, -0.25) is 9.88 Å². The van der Waals surface area contributed by atoms with Gasteiger partial charge in [-0.1, -0.05) is 48.9 Å². The molecule has 200 valence electrons. The third kappa shape index (κ3) is 3.29. The zero-order chi connectivity index (χ0) is 26.8. The molecule has 7 rings (SSSR count). The Bertz CT molecular complexity index is 1410. The predicted molar refractivity (Wildman–Crippen MR) is 144 cm³/mol. The van der Waals surface area contributed by atoms with E-state index in [4.69, 9.17) is 9.47 Å². The van der Waals surface area contributed by atoms with Gasteiger partial charge in [0.2, 0.25) is 0 Å². The number of aliphatic hydroxyl groups is 2. The van der Waals surface area contributed by atoms with E-state index < -0.39 is 17.3 Å². The summed E-state index contributed by atoms with van der Waals surface area (Å²) in [6.45, 7) is 0.669. The monoisotopic (exact) mass is 523 g/mol. The van der Waals surface area contributed by atoms with Crippen LogP contribution in [-0.4, -0.2) is 51.9 Å². The second-order valence-corrected chi connectivity index (χ2v) is 11.5. The van der Waals surface area contributed by atoms with Crippen molar-refractivity contribution in [2.75, 3.05) is 13.7 Å². The van der Waals surface area contributed by atoms with Crippen molar-refractivity contribution < 1.29 is 19.7 Å². The first-order chi connectivity index (χ1) is 19.0. The minimum atomic E-state index is -1.81. The summed E-state index contributed by atoms with van der Waals surface area (Å²) in [6.07, 6.45) is 8.00. The van der Waals surface area contributed by atoms with E-state index in [9.17, 15) is 15.5 Å². The molecule has 1 saturated carbocycles. The average Bonchev–Trinajstić information content (AvgIpc) is 3.44. The van der Waals surface area contributed by atoms with Crippen molar-refractivity contribution in [1.29, 1.82) is 5.26 Å². The largest absolute Gasteiger partial charge is 0.495 e. The fourth-order valence-corrected chi connectivity index (χ4v) is 8.29. The lowest BCUT2D eigenvalue weighted by molar-refractivity contribution is -0.152. The van der Waals surface area contributed by atoms with E-state index in [1.807, 2.05) is 30.3 Å². The lowest BCUT2D eigenvalue weighted by atomic mass is 9.70. The van der Waals surface area contributed by atoms with Crippen molar-refractivity contribution >= 4 is 0 Å². The number of pyridine rings is 1. The third-order valence-corrected chi connectivity index (χ3v) is 9.88. The molecule has 0 radical (unpaired) electrons. The van der Waals surface area contributed by atoms with Gasteiger partial charge in [-0.15, -0.1) is 0 Å². The van der Waals surface area contributed by atoms with Gasteiger partial charge >= 0.3 is 0 Å². The summed E-state index contributed by atoms with van der Waals surface area (Å²) < 4.78 is 12.6. The first kappa shape index (κ1) is 24.6. The summed E-state index contributed by atoms with van der Waals surface area (Å²) in [7, 11) is 1.54. The predicted octanol–water partition coefficient (Wildman–Crippen LogP) is 4.23. The summed E-state index contributed by atoms with van der Waals surface area (Å²) in [5.74, 6) is 0.0816. The SMILES string of the molecule is COc1cncc2c1[C@]1(O)[C@H](O)[C@H](CN3[C@@H]4CCC[C@H]3CC4)C(c3ccccc3)[C@]1(c1ccc(C#N)cc1)O2. The number of ether oxygens (including phenoxy) is 2. The lowest BCUT2D eigenvalue weighted by Gasteiger charge is -2.41. The van der Waals surface area contributed by atoms with Gasteiger partial charge in [0.15, 0.2) is 11.2 Å². The van der Waals surface area contributed by atoms with Gasteiger partial charge in [0, 0.05) is 30.5 Å². The maximum absolute atomic E-state index is 13.0. The minimum absolute atomic E-state index is 0.319. The van der Waals surface area contributed by atoms with Gasteiger partial charge in [0.05, 0.1) is 42.8 Å². The number of benzene rings is 2. The van der Waals surface area contributed by atoms with Gasteiger partial charge < -0.3 is 19.7 Å². The summed E-state index contributed by atoms with van der Waals surface area (Å²) in [6, 6.07) is 20.5. The van der Waals surface area contributed by atoms with Gasteiger partial charge in [0.25, 0.3) is 0 Å². The molecule has 3 fully saturated rings. The Morgan fingerprint density at radius 3 is 2.44 bits per heavy atom. The highest BCUT2D eigenvalue weighted by Crippen LogP contribution is 2.69. The lowest BCUT2D eigenvalue weighted by Crippen LogP contribution is -2.52. The molecule has 2 N–H and O–H groups in total. The first-order valence-corrected chi connectivity index (χ1v) is 14.0. The van der Waals surface area contributed by atoms with Crippen LogP contribution in [0.1, 0.15) is 60.3 Å². The molecule has 0 spiro atoms. The molecule has 1 aliphatic carbocycles. The maximum atomic E-state index is 13.0. The zero-order valence-electron chi connectivity index (χ0n) is 22.0. The summed E-state index contributed by atoms with van der Waals surface area (Å²) in [4.78, 5) is 6.90. The van der Waals surface area contributed by atoms with Gasteiger partial charge in [0.1, 0.15) is 11.5 Å². The van der Waals surface area contributed by atoms with E-state index >= 15 is 0 Å². The van der Waals surface area contributed by atoms with Crippen LogP contribution in [0.4, 0.5) is 0 Å². The van der Waals surface area contributed by atoms with Crippen LogP contribution < -0.4 is 9.47 Å². The van der Waals surface area contributed by atoms with Crippen LogP contribution in [0.25, 0.3) is 0 Å². The van der Waals surface area contributed by atoms with Crippen LogP contribution in [-0.2, 0) is 11.2 Å². The molecule has 3 aromatic rings. The highest BCUT2D eigenvalue weighted by atomic mass is 16.5. The Morgan fingerprint density at radius 1 is 1.05 bits per heavy atom. The Balaban J connectivity index is 1.47. The van der Waals surface area contributed by atoms with E-state index in [0.29, 0.717) is 46.8 Å². The van der Waals surface area contributed by atoms with E-state index in [0.717, 1.165) is 5.56 Å². The normalized spacial score (nSPS) is 34.7. The number of methoxy groups -OCH3 is 1. The number of aliphatic hydroxyl groups excluding tert-OH is 1. The number of nitriles is 1. The van der Waals surface area contributed by atoms with Crippen LogP contribution in [0, 0.1) is 17.2 Å². The number of rotatable bonds is 5. The standard InChI is InChI=1S/C32H33N3O4/c1-38-26-17-34-18-27-29(26)31(37)30(36)25(19-35-23-8-5-9-24(35)15-14-23)28(21-6-3-2-4-7-21)32(31,39-27)22-12-10-20(16-33)11-13-22/h2-4,6-7,10-13,17-18,23-25,28,30,36-37H,5,8-9,14-15,19H2,1H3/t23-,24+,25-,28?,30-,31+,32+/m1/s1. The van der Waals surface area contributed by atoms with Crippen LogP contribution in [0.2, 0.25) is 0 Å². The smallest absolute Gasteiger partial charge is 0.177 e. The summed E-state index contributed by atoms with van der Waals surface area (Å²) in [5.41, 5.74) is -0.526. The number of hydrogen-bond donors (Lipinski definition) is 2. The summed E-state index contributed by atoms with van der Waals surface area (Å²) in [5, 5.41) is 34.9. The summed E-state index contributed by atoms with van der Waals surface area (Å²) >= 11 is 0. The van der Waals surface area contributed by atoms with Crippen molar-refractivity contribution in [3.05, 3.63) is 89.2 Å². The van der Waals surface area contributed by atoms with Crippen molar-refractivity contribution in [3.63, 3.8) is 0 Å². The number of fused-ring (bicyclic) bond motifs is 5. The number of hydrogen-bond acceptors (Lipinski definition) is 7. The molecule has 2 aromatic carbocycles. The Labute approximate surface area is 228 Å². The third-order valence-electron chi connectivity index (χ3n) is 9.88. The highest BCUT2D eigenvalue weighted by molar-refractivity contribution is 5.59. The highest BCUT2D eigenvalue weighted by Gasteiger charge is 2.77. The molecule has 7 nitrogen and oxygen atoms in total. The van der Waals surface area contributed by atoms with Crippen molar-refractivity contribution in [2.24, 2.45) is 5.92 Å². The van der Waals surface area contributed by atoms with E-state index in [1.165, 1.54) is 32.1 Å². The van der Waals surface area contributed by atoms with Gasteiger partial charge in [-0.2, -0.15) is 5.26 Å². The van der Waals surface area contributed by atoms with Crippen LogP contribution in [0.3, 0.4) is 0 Å². The Kier molecular flexibility index (Phi) is 5.71. The van der Waals surface area contributed by atoms with Crippen molar-refractivity contribution in [1.82, 2.24) is 9.88 Å². The molecule has 2 saturated heterocycles. The molecule has 1 unspecified atom stereocenters. The topological polar surface area (TPSA) is 98.8 Å². The molecule has 3 aliphatic heterocycles. The number of nitrogens with zero attached hydrogens (tertiary/aromatic N) is 3. The quantitative estimate of drug-likeness (QED) is 0.516. The molecule has 39 heavy (non-hydrogen) atoms. The molecule has 0 amide bonds. The molecule has 4 aliphatic rings. The van der Waals surface area contributed by atoms with Crippen LogP contribution in [0.15, 0.2) is 67.0 Å². The number of aromatic nitrogens is 1. The molecule has 7 heteroatoms. The van der Waals surface area contributed by atoms with E-state index in [2.05, 4.69) is 28.1 Å². The van der Waals surface area contributed by atoms with Crippen molar-refractivity contribution in [3.8, 4) is 17.6 Å². The molecule has 7 atom stereocenters. The van der Waals surface area contributed by atoms with Gasteiger partial charge in [-0.05, 0) is 48.9 Å². The second kappa shape index (κ2) is 9.06. The fraction of sp³-hybridized carbons (Fsp3) is 0.438. The van der Waals surface area contributed by atoms with Crippen LogP contribution in [0.5, 0.6) is 11.5 Å².